The number of aromatic nitrogens is 4. The van der Waals surface area contributed by atoms with E-state index in [1.165, 1.54) is 6.33 Å². The Morgan fingerprint density at radius 1 is 1.21 bits per heavy atom. The molecule has 6 N–H and O–H groups in total. The highest BCUT2D eigenvalue weighted by molar-refractivity contribution is 5.75. The van der Waals surface area contributed by atoms with Gasteiger partial charge < -0.3 is 20.3 Å². The second-order valence-electron chi connectivity index (χ2n) is 4.24. The Labute approximate surface area is 107 Å². The van der Waals surface area contributed by atoms with Gasteiger partial charge in [-0.15, -0.1) is 0 Å². The van der Waals surface area contributed by atoms with Crippen LogP contribution in [0.4, 0.5) is 0 Å². The summed E-state index contributed by atoms with van der Waals surface area (Å²) in [6.07, 6.45) is 1.26. The van der Waals surface area contributed by atoms with E-state index in [9.17, 15) is 20.1 Å². The van der Waals surface area contributed by atoms with Crippen LogP contribution in [0.5, 0.6) is 0 Å². The van der Waals surface area contributed by atoms with Gasteiger partial charge in [0, 0.05) is 6.54 Å². The fraction of sp³-hybridized carbons (Fsp3) is 0.500. The Hall–Kier alpha value is -1.81. The fourth-order valence-corrected chi connectivity index (χ4v) is 1.61. The summed E-state index contributed by atoms with van der Waals surface area (Å²) in [5.41, 5.74) is -0.439. The third kappa shape index (κ3) is 2.49. The minimum Gasteiger partial charge on any atom is -0.394 e. The lowest BCUT2D eigenvalue weighted by Crippen LogP contribution is -2.54. The normalized spacial score (nSPS) is 12.2. The molecule has 0 fully saturated rings. The number of nitrogens with zero attached hydrogens (tertiary/aromatic N) is 2. The number of aliphatic hydroxyl groups excluding tert-OH is 3. The summed E-state index contributed by atoms with van der Waals surface area (Å²) in [7, 11) is 0. The van der Waals surface area contributed by atoms with Gasteiger partial charge in [-0.2, -0.15) is 5.10 Å². The van der Waals surface area contributed by atoms with Crippen molar-refractivity contribution < 1.29 is 15.3 Å². The van der Waals surface area contributed by atoms with Gasteiger partial charge in [0.2, 0.25) is 0 Å². The first-order valence-corrected chi connectivity index (χ1v) is 5.64. The molecular weight excluding hydrogens is 254 g/mol. The second kappa shape index (κ2) is 5.45. The van der Waals surface area contributed by atoms with Gasteiger partial charge in [-0.1, -0.05) is 0 Å². The average molecular weight is 269 g/mol. The zero-order valence-corrected chi connectivity index (χ0v) is 10.1. The first-order chi connectivity index (χ1) is 9.15. The molecule has 19 heavy (non-hydrogen) atoms. The molecule has 0 saturated heterocycles. The van der Waals surface area contributed by atoms with Crippen LogP contribution in [0.2, 0.25) is 0 Å². The fourth-order valence-electron chi connectivity index (χ4n) is 1.61. The average Bonchev–Trinajstić information content (AvgIpc) is 2.86. The first kappa shape index (κ1) is 13.6. The van der Waals surface area contributed by atoms with Crippen molar-refractivity contribution in [2.24, 2.45) is 0 Å². The summed E-state index contributed by atoms with van der Waals surface area (Å²) >= 11 is 0. The molecule has 0 radical (unpaired) electrons. The zero-order chi connectivity index (χ0) is 13.9. The second-order valence-corrected chi connectivity index (χ2v) is 4.24. The molecule has 0 saturated carbocycles. The van der Waals surface area contributed by atoms with Crippen molar-refractivity contribution in [3.63, 3.8) is 0 Å². The van der Waals surface area contributed by atoms with Crippen LogP contribution in [0.25, 0.3) is 11.0 Å². The van der Waals surface area contributed by atoms with Gasteiger partial charge in [-0.3, -0.25) is 15.2 Å². The molecule has 0 spiro atoms. The van der Waals surface area contributed by atoms with Crippen molar-refractivity contribution in [2.45, 2.75) is 12.1 Å². The van der Waals surface area contributed by atoms with Gasteiger partial charge in [-0.25, -0.2) is 4.98 Å². The van der Waals surface area contributed by atoms with E-state index in [1.807, 2.05) is 0 Å². The largest absolute Gasteiger partial charge is 0.394 e. The summed E-state index contributed by atoms with van der Waals surface area (Å²) in [4.78, 5) is 17.9. The van der Waals surface area contributed by atoms with Gasteiger partial charge >= 0.3 is 0 Å². The van der Waals surface area contributed by atoms with Crippen molar-refractivity contribution in [1.82, 2.24) is 25.5 Å². The number of aromatic amines is 2. The number of hydrogen-bond donors (Lipinski definition) is 6. The Morgan fingerprint density at radius 3 is 2.53 bits per heavy atom. The Balaban J connectivity index is 2.23. The smallest absolute Gasteiger partial charge is 0.279 e. The zero-order valence-electron chi connectivity index (χ0n) is 10.1. The molecule has 0 atom stereocenters. The molecule has 0 aliphatic carbocycles. The van der Waals surface area contributed by atoms with Gasteiger partial charge in [0.05, 0.1) is 37.4 Å². The van der Waals surface area contributed by atoms with Gasteiger partial charge in [0.25, 0.3) is 5.56 Å². The maximum Gasteiger partial charge on any atom is 0.279 e. The third-order valence-corrected chi connectivity index (χ3v) is 2.97. The molecule has 2 heterocycles. The Kier molecular flexibility index (Phi) is 3.90. The molecule has 2 aromatic rings. The topological polar surface area (TPSA) is 147 Å². The van der Waals surface area contributed by atoms with E-state index in [2.05, 4.69) is 25.5 Å². The summed E-state index contributed by atoms with van der Waals surface area (Å²) in [5.74, 6) is 0. The number of nitrogens with one attached hydrogen (secondary N) is 3. The summed E-state index contributed by atoms with van der Waals surface area (Å²) in [6, 6.07) is 0. The van der Waals surface area contributed by atoms with Gasteiger partial charge in [0.15, 0.2) is 5.52 Å². The molecule has 0 unspecified atom stereocenters. The van der Waals surface area contributed by atoms with E-state index in [4.69, 9.17) is 0 Å². The first-order valence-electron chi connectivity index (χ1n) is 5.64. The van der Waals surface area contributed by atoms with E-state index in [1.54, 1.807) is 0 Å². The van der Waals surface area contributed by atoms with Crippen LogP contribution in [-0.2, 0) is 6.54 Å². The molecule has 104 valence electrons. The third-order valence-electron chi connectivity index (χ3n) is 2.97. The highest BCUT2D eigenvalue weighted by Gasteiger charge is 2.27. The molecule has 0 aliphatic rings. The van der Waals surface area contributed by atoms with Crippen molar-refractivity contribution in [1.29, 1.82) is 0 Å². The lowest BCUT2D eigenvalue weighted by atomic mass is 10.0. The van der Waals surface area contributed by atoms with Crippen LogP contribution in [0.3, 0.4) is 0 Å². The van der Waals surface area contributed by atoms with Crippen molar-refractivity contribution in [3.8, 4) is 0 Å². The molecule has 9 nitrogen and oxygen atoms in total. The van der Waals surface area contributed by atoms with Crippen LogP contribution < -0.4 is 10.9 Å². The van der Waals surface area contributed by atoms with Crippen LogP contribution in [0.15, 0.2) is 11.1 Å². The lowest BCUT2D eigenvalue weighted by Gasteiger charge is -2.28. The number of hydrogen-bond acceptors (Lipinski definition) is 7. The molecule has 0 aliphatic heterocycles. The number of fused-ring (bicyclic) bond motifs is 1. The maximum atomic E-state index is 11.4. The van der Waals surface area contributed by atoms with E-state index in [0.29, 0.717) is 11.2 Å². The van der Waals surface area contributed by atoms with E-state index >= 15 is 0 Å². The number of H-pyrrole nitrogens is 2. The predicted molar refractivity (Wildman–Crippen MR) is 65.3 cm³/mol. The number of rotatable bonds is 6. The maximum absolute atomic E-state index is 11.4. The molecule has 2 aromatic heterocycles. The lowest BCUT2D eigenvalue weighted by molar-refractivity contribution is 0.0412. The van der Waals surface area contributed by atoms with Crippen LogP contribution in [0.1, 0.15) is 5.69 Å². The molecule has 0 bridgehead atoms. The van der Waals surface area contributed by atoms with Gasteiger partial charge in [0.1, 0.15) is 5.52 Å². The predicted octanol–water partition coefficient (Wildman–Crippen LogP) is -2.55. The molecule has 9 heteroatoms. The van der Waals surface area contributed by atoms with Crippen LogP contribution >= 0.6 is 0 Å². The molecule has 2 rings (SSSR count). The minimum absolute atomic E-state index is 0.161. The van der Waals surface area contributed by atoms with Crippen LogP contribution in [-0.4, -0.2) is 60.8 Å². The van der Waals surface area contributed by atoms with E-state index < -0.39 is 25.4 Å². The molecular formula is C10H15N5O4. The Bertz CT molecular complexity index is 595. The van der Waals surface area contributed by atoms with E-state index in [0.717, 1.165) is 0 Å². The van der Waals surface area contributed by atoms with Crippen molar-refractivity contribution in [3.05, 3.63) is 22.4 Å². The molecule has 0 aromatic carbocycles. The van der Waals surface area contributed by atoms with Crippen molar-refractivity contribution >= 4 is 11.0 Å². The monoisotopic (exact) mass is 269 g/mol. The van der Waals surface area contributed by atoms with Crippen molar-refractivity contribution in [2.75, 3.05) is 19.8 Å². The SMILES string of the molecule is O=c1[nH]cnc2c(CNC(CO)(CO)CO)[nH]nc12. The molecule has 0 amide bonds. The quantitative estimate of drug-likeness (QED) is 0.338. The van der Waals surface area contributed by atoms with E-state index in [-0.39, 0.29) is 17.6 Å². The van der Waals surface area contributed by atoms with Crippen LogP contribution in [0, 0.1) is 0 Å². The number of aliphatic hydroxyl groups is 3. The minimum atomic E-state index is -1.20. The van der Waals surface area contributed by atoms with Gasteiger partial charge in [-0.05, 0) is 0 Å². The highest BCUT2D eigenvalue weighted by atomic mass is 16.3. The standard InChI is InChI=1S/C10H15N5O4/c16-2-10(3-17,4-18)13-1-6-7-8(15-14-6)9(19)12-5-11-7/h5,13,16-18H,1-4H2,(H,14,15)(H,11,12,19). The summed E-state index contributed by atoms with van der Waals surface area (Å²) in [5, 5.41) is 36.9. The summed E-state index contributed by atoms with van der Waals surface area (Å²) in [6.45, 7) is -1.13. The highest BCUT2D eigenvalue weighted by Crippen LogP contribution is 2.10. The summed E-state index contributed by atoms with van der Waals surface area (Å²) < 4.78 is 0. The Morgan fingerprint density at radius 2 is 1.89 bits per heavy atom.